The van der Waals surface area contributed by atoms with E-state index in [0.29, 0.717) is 26.3 Å². The fraction of sp³-hybridized carbons (Fsp3) is 0.233. The van der Waals surface area contributed by atoms with E-state index in [1.807, 2.05) is 41.3 Å². The number of aliphatic hydroxyl groups is 1. The Morgan fingerprint density at radius 3 is 2.74 bits per heavy atom. The lowest BCUT2D eigenvalue weighted by atomic mass is 10.0. The molecule has 0 unspecified atom stereocenters. The van der Waals surface area contributed by atoms with Crippen LogP contribution in [0.5, 0.6) is 0 Å². The van der Waals surface area contributed by atoms with E-state index in [1.54, 1.807) is 31.4 Å². The molecule has 0 aliphatic carbocycles. The summed E-state index contributed by atoms with van der Waals surface area (Å²) < 4.78 is 19.6. The number of hydrogen-bond donors (Lipinski definition) is 3. The Hall–Kier alpha value is -4.50. The summed E-state index contributed by atoms with van der Waals surface area (Å²) in [5.74, 6) is 0.183. The van der Waals surface area contributed by atoms with E-state index in [-0.39, 0.29) is 17.5 Å². The molecule has 1 saturated heterocycles. The number of halogens is 1. The second-order valence-corrected chi connectivity index (χ2v) is 8.82. The molecule has 2 heterocycles. The van der Waals surface area contributed by atoms with E-state index in [9.17, 15) is 9.50 Å². The second-order valence-electron chi connectivity index (χ2n) is 8.82. The number of aromatic nitrogens is 2. The van der Waals surface area contributed by atoms with Crippen molar-refractivity contribution in [1.82, 2.24) is 9.97 Å². The van der Waals surface area contributed by atoms with Crippen molar-refractivity contribution in [2.45, 2.75) is 20.3 Å². The fourth-order valence-corrected chi connectivity index (χ4v) is 4.13. The number of allylic oxidation sites excluding steroid dienone is 4. The molecule has 1 aromatic heterocycles. The summed E-state index contributed by atoms with van der Waals surface area (Å²) in [6.07, 6.45) is 8.70. The molecule has 0 amide bonds. The lowest BCUT2D eigenvalue weighted by Crippen LogP contribution is -2.37. The van der Waals surface area contributed by atoms with Gasteiger partial charge >= 0.3 is 0 Å². The zero-order chi connectivity index (χ0) is 27.6. The number of hydrogen-bond acceptors (Lipinski definition) is 8. The van der Waals surface area contributed by atoms with Crippen LogP contribution in [0.15, 0.2) is 84.3 Å². The van der Waals surface area contributed by atoms with E-state index in [2.05, 4.69) is 45.4 Å². The van der Waals surface area contributed by atoms with Crippen LogP contribution in [-0.4, -0.2) is 47.6 Å². The smallest absolute Gasteiger partial charge is 0.245 e. The van der Waals surface area contributed by atoms with Crippen molar-refractivity contribution < 1.29 is 14.2 Å². The maximum absolute atomic E-state index is 14.3. The quantitative estimate of drug-likeness (QED) is 0.124. The van der Waals surface area contributed by atoms with E-state index in [0.717, 1.165) is 46.3 Å². The van der Waals surface area contributed by atoms with Crippen LogP contribution in [0.2, 0.25) is 0 Å². The number of benzene rings is 2. The van der Waals surface area contributed by atoms with Crippen LogP contribution < -0.4 is 15.6 Å². The molecule has 202 valence electrons. The normalized spacial score (nSPS) is 14.5. The molecule has 0 atom stereocenters. The van der Waals surface area contributed by atoms with Crippen LogP contribution >= 0.6 is 0 Å². The molecule has 39 heavy (non-hydrogen) atoms. The number of rotatable bonds is 10. The molecule has 4 rings (SSSR count). The molecule has 0 saturated carbocycles. The van der Waals surface area contributed by atoms with Gasteiger partial charge in [-0.3, -0.25) is 0 Å². The largest absolute Gasteiger partial charge is 0.508 e. The van der Waals surface area contributed by atoms with Crippen LogP contribution in [-0.2, 0) is 11.2 Å². The summed E-state index contributed by atoms with van der Waals surface area (Å²) in [5.41, 5.74) is 8.47. The SMILES string of the molecule is C=C/C(=C\C(O)=C/C)c1cccc(Nc2ccc(/C=N/Nc3ncc(F)c(N4CCOCC4)n3)c(CC)c2)c1. The molecule has 9 heteroatoms. The minimum Gasteiger partial charge on any atom is -0.508 e. The summed E-state index contributed by atoms with van der Waals surface area (Å²) in [6, 6.07) is 14.0. The van der Waals surface area contributed by atoms with E-state index >= 15 is 0 Å². The Kier molecular flexibility index (Phi) is 9.42. The number of anilines is 4. The number of morpholine rings is 1. The summed E-state index contributed by atoms with van der Waals surface area (Å²) in [5, 5.41) is 17.6. The summed E-state index contributed by atoms with van der Waals surface area (Å²) in [7, 11) is 0. The molecule has 3 N–H and O–H groups in total. The van der Waals surface area contributed by atoms with Gasteiger partial charge in [-0.1, -0.05) is 37.8 Å². The average Bonchev–Trinajstić information content (AvgIpc) is 2.97. The Balaban J connectivity index is 1.46. The van der Waals surface area contributed by atoms with Gasteiger partial charge in [0, 0.05) is 24.5 Å². The van der Waals surface area contributed by atoms with Gasteiger partial charge in [0.1, 0.15) is 5.76 Å². The highest BCUT2D eigenvalue weighted by Gasteiger charge is 2.17. The van der Waals surface area contributed by atoms with E-state index < -0.39 is 5.82 Å². The third-order valence-electron chi connectivity index (χ3n) is 6.23. The lowest BCUT2D eigenvalue weighted by molar-refractivity contribution is 0.122. The van der Waals surface area contributed by atoms with Crippen molar-refractivity contribution in [3.8, 4) is 0 Å². The first-order valence-corrected chi connectivity index (χ1v) is 12.8. The topological polar surface area (TPSA) is 94.9 Å². The van der Waals surface area contributed by atoms with Crippen LogP contribution in [0, 0.1) is 5.82 Å². The molecule has 0 spiro atoms. The first-order valence-electron chi connectivity index (χ1n) is 12.8. The lowest BCUT2D eigenvalue weighted by Gasteiger charge is -2.27. The number of hydrazone groups is 1. The maximum atomic E-state index is 14.3. The molecular formula is C30H33FN6O2. The number of aryl methyl sites for hydroxylation is 1. The number of aliphatic hydroxyl groups excluding tert-OH is 1. The van der Waals surface area contributed by atoms with Gasteiger partial charge in [-0.2, -0.15) is 10.1 Å². The van der Waals surface area contributed by atoms with Gasteiger partial charge in [0.2, 0.25) is 5.95 Å². The predicted octanol–water partition coefficient (Wildman–Crippen LogP) is 6.24. The van der Waals surface area contributed by atoms with Gasteiger partial charge in [0.15, 0.2) is 11.6 Å². The van der Waals surface area contributed by atoms with Crippen molar-refractivity contribution in [2.24, 2.45) is 5.10 Å². The molecule has 2 aromatic carbocycles. The molecular weight excluding hydrogens is 495 g/mol. The van der Waals surface area contributed by atoms with E-state index in [1.165, 1.54) is 0 Å². The van der Waals surface area contributed by atoms with Crippen LogP contribution in [0.25, 0.3) is 5.57 Å². The van der Waals surface area contributed by atoms with Crippen molar-refractivity contribution in [3.63, 3.8) is 0 Å². The molecule has 1 aliphatic rings. The third-order valence-corrected chi connectivity index (χ3v) is 6.23. The minimum absolute atomic E-state index is 0.186. The van der Waals surface area contributed by atoms with Crippen molar-refractivity contribution in [2.75, 3.05) is 41.9 Å². The number of ether oxygens (including phenoxy) is 1. The van der Waals surface area contributed by atoms with Gasteiger partial charge in [-0.15, -0.1) is 0 Å². The molecule has 3 aromatic rings. The Morgan fingerprint density at radius 1 is 1.21 bits per heavy atom. The number of nitrogens with zero attached hydrogens (tertiary/aromatic N) is 4. The standard InChI is InChI=1S/C30H33FN6O2/c1-4-21-16-26(34-25-9-7-8-23(17-25)22(5-2)18-27(38)6-3)11-10-24(21)19-33-36-30-32-20-28(31)29(35-30)37-12-14-39-15-13-37/h5-11,16-20,34,38H,2,4,12-15H2,1,3H3,(H,32,35,36)/b22-18+,27-6+,33-19+. The third kappa shape index (κ3) is 7.30. The van der Waals surface area contributed by atoms with E-state index in [4.69, 9.17) is 4.74 Å². The van der Waals surface area contributed by atoms with Crippen LogP contribution in [0.4, 0.5) is 27.5 Å². The highest BCUT2D eigenvalue weighted by atomic mass is 19.1. The Labute approximate surface area is 228 Å². The number of nitrogens with one attached hydrogen (secondary N) is 2. The first kappa shape index (κ1) is 27.5. The maximum Gasteiger partial charge on any atom is 0.245 e. The molecule has 0 bridgehead atoms. The molecule has 1 fully saturated rings. The minimum atomic E-state index is -0.471. The van der Waals surface area contributed by atoms with Gasteiger partial charge in [0.05, 0.1) is 25.6 Å². The zero-order valence-corrected chi connectivity index (χ0v) is 22.2. The van der Waals surface area contributed by atoms with Crippen LogP contribution in [0.1, 0.15) is 30.5 Å². The van der Waals surface area contributed by atoms with Crippen LogP contribution in [0.3, 0.4) is 0 Å². The van der Waals surface area contributed by atoms with Gasteiger partial charge in [-0.25, -0.2) is 14.8 Å². The monoisotopic (exact) mass is 528 g/mol. The Morgan fingerprint density at radius 2 is 2.00 bits per heavy atom. The summed E-state index contributed by atoms with van der Waals surface area (Å²) in [6.45, 7) is 9.95. The second kappa shape index (κ2) is 13.3. The van der Waals surface area contributed by atoms with Gasteiger partial charge in [-0.05, 0) is 72.0 Å². The van der Waals surface area contributed by atoms with Crippen molar-refractivity contribution in [3.05, 3.63) is 102 Å². The summed E-state index contributed by atoms with van der Waals surface area (Å²) >= 11 is 0. The fourth-order valence-electron chi connectivity index (χ4n) is 4.13. The first-order chi connectivity index (χ1) is 19.0. The Bertz CT molecular complexity index is 1400. The highest BCUT2D eigenvalue weighted by molar-refractivity contribution is 5.84. The van der Waals surface area contributed by atoms with Crippen molar-refractivity contribution in [1.29, 1.82) is 0 Å². The van der Waals surface area contributed by atoms with Gasteiger partial charge < -0.3 is 20.1 Å². The summed E-state index contributed by atoms with van der Waals surface area (Å²) in [4.78, 5) is 10.1. The predicted molar refractivity (Wildman–Crippen MR) is 156 cm³/mol. The molecule has 1 aliphatic heterocycles. The zero-order valence-electron chi connectivity index (χ0n) is 22.2. The average molecular weight is 529 g/mol. The molecule has 8 nitrogen and oxygen atoms in total. The van der Waals surface area contributed by atoms with Gasteiger partial charge in [0.25, 0.3) is 0 Å². The highest BCUT2D eigenvalue weighted by Crippen LogP contribution is 2.25. The van der Waals surface area contributed by atoms with Crippen molar-refractivity contribution >= 4 is 34.9 Å². The molecule has 0 radical (unpaired) electrons.